The van der Waals surface area contributed by atoms with Gasteiger partial charge in [0.25, 0.3) is 0 Å². The lowest BCUT2D eigenvalue weighted by Gasteiger charge is -2.30. The molecule has 3 aliphatic rings. The van der Waals surface area contributed by atoms with Crippen LogP contribution in [0.3, 0.4) is 0 Å². The number of anilines is 1. The standard InChI is InChI=1S/C27H39ClFN7O4/c1-26(2,3)40-25(37)31-18-14-34(4)7-8-36(15-18)23-19-13-30-22(28)20(29)21(19)32-24(33-23)39-17-27(5-6-27)16-35-9-11-38-12-10-35/h13,18H,5-12,14-17H2,1-4H3,(H,31,37)/t18-/m0/s1. The Morgan fingerprint density at radius 3 is 2.65 bits per heavy atom. The highest BCUT2D eigenvalue weighted by Gasteiger charge is 2.45. The number of rotatable bonds is 7. The zero-order valence-electron chi connectivity index (χ0n) is 23.7. The lowest BCUT2D eigenvalue weighted by molar-refractivity contribution is 0.0231. The number of pyridine rings is 1. The Bertz CT molecular complexity index is 1220. The van der Waals surface area contributed by atoms with Gasteiger partial charge in [0.1, 0.15) is 16.9 Å². The van der Waals surface area contributed by atoms with Gasteiger partial charge in [-0.25, -0.2) is 14.2 Å². The van der Waals surface area contributed by atoms with E-state index in [-0.39, 0.29) is 28.1 Å². The average Bonchev–Trinajstić information content (AvgIpc) is 3.68. The second-order valence-corrected chi connectivity index (χ2v) is 12.5. The molecule has 2 saturated heterocycles. The molecule has 0 radical (unpaired) electrons. The maximum absolute atomic E-state index is 15.2. The summed E-state index contributed by atoms with van der Waals surface area (Å²) in [4.78, 5) is 32.3. The van der Waals surface area contributed by atoms with Gasteiger partial charge in [0, 0.05) is 57.4 Å². The van der Waals surface area contributed by atoms with Crippen LogP contribution < -0.4 is 15.0 Å². The zero-order chi connectivity index (χ0) is 28.5. The summed E-state index contributed by atoms with van der Waals surface area (Å²) in [6, 6.07) is -0.156. The maximum Gasteiger partial charge on any atom is 0.407 e. The van der Waals surface area contributed by atoms with Crippen LogP contribution in [0, 0.1) is 11.2 Å². The number of fused-ring (bicyclic) bond motifs is 1. The number of alkyl carbamates (subject to hydrolysis) is 1. The number of ether oxygens (including phenoxy) is 3. The fourth-order valence-corrected chi connectivity index (χ4v) is 5.35. The summed E-state index contributed by atoms with van der Waals surface area (Å²) >= 11 is 6.04. The van der Waals surface area contributed by atoms with Crippen molar-refractivity contribution < 1.29 is 23.4 Å². The maximum atomic E-state index is 15.2. The normalized spacial score (nSPS) is 22.1. The lowest BCUT2D eigenvalue weighted by atomic mass is 10.1. The molecule has 0 unspecified atom stereocenters. The average molecular weight is 580 g/mol. The number of carbonyl (C=O) groups excluding carboxylic acids is 1. The van der Waals surface area contributed by atoms with Crippen molar-refractivity contribution >= 4 is 34.4 Å². The van der Waals surface area contributed by atoms with Gasteiger partial charge in [-0.15, -0.1) is 0 Å². The number of nitrogens with one attached hydrogen (secondary N) is 1. The Labute approximate surface area is 239 Å². The van der Waals surface area contributed by atoms with E-state index in [0.29, 0.717) is 44.0 Å². The lowest BCUT2D eigenvalue weighted by Crippen LogP contribution is -2.48. The second-order valence-electron chi connectivity index (χ2n) is 12.2. The molecular formula is C27H39ClFN7O4. The van der Waals surface area contributed by atoms with Gasteiger partial charge in [-0.3, -0.25) is 4.90 Å². The van der Waals surface area contributed by atoms with Crippen molar-refractivity contribution in [1.82, 2.24) is 30.1 Å². The fraction of sp³-hybridized carbons (Fsp3) is 0.704. The Morgan fingerprint density at radius 2 is 1.95 bits per heavy atom. The molecule has 5 rings (SSSR count). The van der Waals surface area contributed by atoms with Gasteiger partial charge in [-0.1, -0.05) is 11.6 Å². The van der Waals surface area contributed by atoms with Crippen molar-refractivity contribution in [3.05, 3.63) is 17.2 Å². The van der Waals surface area contributed by atoms with Crippen LogP contribution in [0.2, 0.25) is 5.15 Å². The van der Waals surface area contributed by atoms with Crippen LogP contribution in [0.4, 0.5) is 15.0 Å². The number of carbonyl (C=O) groups is 1. The predicted octanol–water partition coefficient (Wildman–Crippen LogP) is 2.95. The van der Waals surface area contributed by atoms with E-state index in [1.165, 1.54) is 6.20 Å². The number of morpholine rings is 1. The van der Waals surface area contributed by atoms with Crippen molar-refractivity contribution in [1.29, 1.82) is 0 Å². The van der Waals surface area contributed by atoms with Crippen molar-refractivity contribution in [2.24, 2.45) is 5.41 Å². The first-order valence-corrected chi connectivity index (χ1v) is 14.3. The number of halogens is 2. The molecular weight excluding hydrogens is 541 g/mol. The molecule has 40 heavy (non-hydrogen) atoms. The Kier molecular flexibility index (Phi) is 8.51. The number of aromatic nitrogens is 3. The Hall–Kier alpha value is -2.54. The van der Waals surface area contributed by atoms with E-state index in [4.69, 9.17) is 30.8 Å². The minimum atomic E-state index is -0.711. The molecule has 1 atom stereocenters. The topological polar surface area (TPSA) is 105 Å². The van der Waals surface area contributed by atoms with Gasteiger partial charge < -0.3 is 29.3 Å². The minimum absolute atomic E-state index is 0.0397. The van der Waals surface area contributed by atoms with E-state index in [0.717, 1.165) is 45.7 Å². The molecule has 0 spiro atoms. The molecule has 11 nitrogen and oxygen atoms in total. The number of hydrogen-bond donors (Lipinski definition) is 1. The van der Waals surface area contributed by atoms with Crippen LogP contribution in [-0.2, 0) is 9.47 Å². The first-order chi connectivity index (χ1) is 19.0. The Morgan fingerprint density at radius 1 is 1.20 bits per heavy atom. The third-order valence-electron chi connectivity index (χ3n) is 7.47. The molecule has 220 valence electrons. The highest BCUT2D eigenvalue weighted by molar-refractivity contribution is 6.30. The van der Waals surface area contributed by atoms with Crippen LogP contribution in [0.5, 0.6) is 6.01 Å². The molecule has 2 aromatic heterocycles. The van der Waals surface area contributed by atoms with Crippen molar-refractivity contribution in [2.45, 2.75) is 45.3 Å². The quantitative estimate of drug-likeness (QED) is 0.492. The van der Waals surface area contributed by atoms with Crippen LogP contribution >= 0.6 is 11.6 Å². The SMILES string of the molecule is CN1CCN(c2nc(OCC3(CN4CCOCC4)CC3)nc3c(F)c(Cl)ncc23)C[C@@H](NC(=O)OC(C)(C)C)C1. The molecule has 1 saturated carbocycles. The van der Waals surface area contributed by atoms with E-state index in [9.17, 15) is 4.79 Å². The van der Waals surface area contributed by atoms with Gasteiger partial charge in [0.15, 0.2) is 11.0 Å². The summed E-state index contributed by atoms with van der Waals surface area (Å²) in [5.41, 5.74) is -0.510. The monoisotopic (exact) mass is 579 g/mol. The smallest absolute Gasteiger partial charge is 0.407 e. The molecule has 2 aliphatic heterocycles. The number of amides is 1. The van der Waals surface area contributed by atoms with Crippen molar-refractivity contribution in [3.8, 4) is 6.01 Å². The fourth-order valence-electron chi connectivity index (χ4n) is 5.21. The van der Waals surface area contributed by atoms with Gasteiger partial charge in [-0.05, 0) is 40.7 Å². The number of hydrogen-bond acceptors (Lipinski definition) is 10. The highest BCUT2D eigenvalue weighted by Crippen LogP contribution is 2.46. The van der Waals surface area contributed by atoms with E-state index >= 15 is 4.39 Å². The van der Waals surface area contributed by atoms with E-state index in [1.807, 2.05) is 32.7 Å². The van der Waals surface area contributed by atoms with Gasteiger partial charge in [0.05, 0.1) is 31.2 Å². The largest absolute Gasteiger partial charge is 0.463 e. The number of nitrogens with zero attached hydrogens (tertiary/aromatic N) is 6. The van der Waals surface area contributed by atoms with Crippen LogP contribution in [0.15, 0.2) is 6.20 Å². The van der Waals surface area contributed by atoms with Crippen molar-refractivity contribution in [2.75, 3.05) is 77.6 Å². The highest BCUT2D eigenvalue weighted by atomic mass is 35.5. The zero-order valence-corrected chi connectivity index (χ0v) is 24.5. The van der Waals surface area contributed by atoms with Gasteiger partial charge in [-0.2, -0.15) is 9.97 Å². The van der Waals surface area contributed by atoms with Gasteiger partial charge in [0.2, 0.25) is 0 Å². The molecule has 1 amide bonds. The Balaban J connectivity index is 1.39. The molecule has 0 bridgehead atoms. The summed E-state index contributed by atoms with van der Waals surface area (Å²) < 4.78 is 32.3. The first kappa shape index (κ1) is 29.0. The molecule has 4 heterocycles. The summed E-state index contributed by atoms with van der Waals surface area (Å²) in [6.45, 7) is 12.5. The first-order valence-electron chi connectivity index (χ1n) is 13.9. The van der Waals surface area contributed by atoms with Crippen LogP contribution in [-0.4, -0.2) is 115 Å². The second kappa shape index (κ2) is 11.8. The van der Waals surface area contributed by atoms with Crippen molar-refractivity contribution in [3.63, 3.8) is 0 Å². The minimum Gasteiger partial charge on any atom is -0.463 e. The van der Waals surface area contributed by atoms with E-state index < -0.39 is 17.5 Å². The van der Waals surface area contributed by atoms with E-state index in [1.54, 1.807) is 0 Å². The predicted molar refractivity (Wildman–Crippen MR) is 150 cm³/mol. The van der Waals surface area contributed by atoms with Gasteiger partial charge >= 0.3 is 12.1 Å². The van der Waals surface area contributed by atoms with Crippen LogP contribution in [0.25, 0.3) is 10.9 Å². The molecule has 3 fully saturated rings. The summed E-state index contributed by atoms with van der Waals surface area (Å²) in [7, 11) is 1.99. The molecule has 0 aromatic carbocycles. The summed E-state index contributed by atoms with van der Waals surface area (Å²) in [5, 5.41) is 3.16. The number of likely N-dealkylation sites (N-methyl/N-ethyl adjacent to an activating group) is 1. The molecule has 13 heteroatoms. The molecule has 1 aliphatic carbocycles. The van der Waals surface area contributed by atoms with E-state index in [2.05, 4.69) is 25.1 Å². The third-order valence-corrected chi connectivity index (χ3v) is 7.74. The summed E-state index contributed by atoms with van der Waals surface area (Å²) in [6.07, 6.45) is 3.13. The summed E-state index contributed by atoms with van der Waals surface area (Å²) in [5.74, 6) is -0.218. The molecule has 1 N–H and O–H groups in total. The molecule has 2 aromatic rings. The van der Waals surface area contributed by atoms with Crippen LogP contribution in [0.1, 0.15) is 33.6 Å². The third kappa shape index (κ3) is 7.20.